The van der Waals surface area contributed by atoms with Gasteiger partial charge in [-0.15, -0.1) is 0 Å². The third kappa shape index (κ3) is 3.53. The van der Waals surface area contributed by atoms with E-state index in [4.69, 9.17) is 22.1 Å². The third-order valence-electron chi connectivity index (χ3n) is 1.89. The van der Waals surface area contributed by atoms with Gasteiger partial charge >= 0.3 is 0 Å². The van der Waals surface area contributed by atoms with Crippen LogP contribution in [0.15, 0.2) is 29.8 Å². The maximum Gasteiger partial charge on any atom is 0.127 e. The molecule has 0 bridgehead atoms. The number of nitrogens with two attached hydrogens (primary N) is 1. The molecule has 2 N–H and O–H groups in total. The highest BCUT2D eigenvalue weighted by Crippen LogP contribution is 2.24. The van der Waals surface area contributed by atoms with Crippen molar-refractivity contribution in [1.29, 1.82) is 0 Å². The van der Waals surface area contributed by atoms with Crippen LogP contribution in [0.25, 0.3) is 0 Å². The lowest BCUT2D eigenvalue weighted by Crippen LogP contribution is -2.08. The summed E-state index contributed by atoms with van der Waals surface area (Å²) >= 11 is 5.34. The van der Waals surface area contributed by atoms with E-state index >= 15 is 0 Å². The maximum atomic E-state index is 13.0. The standard InChI is InChI=1S/C11H13ClFNO/c1-8(14)10-4-3-9(13)7-11(10)15-6-2-5-12/h2-5,7-8H,6,14H2,1H3. The van der Waals surface area contributed by atoms with Crippen LogP contribution < -0.4 is 10.5 Å². The van der Waals surface area contributed by atoms with E-state index in [0.717, 1.165) is 5.56 Å². The normalized spacial score (nSPS) is 13.1. The molecule has 0 aliphatic heterocycles. The van der Waals surface area contributed by atoms with Crippen molar-refractivity contribution in [2.75, 3.05) is 6.61 Å². The lowest BCUT2D eigenvalue weighted by molar-refractivity contribution is 0.354. The molecule has 0 aliphatic rings. The Morgan fingerprint density at radius 1 is 1.60 bits per heavy atom. The Labute approximate surface area is 93.5 Å². The second kappa shape index (κ2) is 5.73. The summed E-state index contributed by atoms with van der Waals surface area (Å²) in [6.07, 6.45) is 1.62. The van der Waals surface area contributed by atoms with Gasteiger partial charge in [-0.3, -0.25) is 0 Å². The zero-order valence-corrected chi connectivity index (χ0v) is 9.17. The molecule has 1 rings (SSSR count). The van der Waals surface area contributed by atoms with Crippen LogP contribution in [0.3, 0.4) is 0 Å². The smallest absolute Gasteiger partial charge is 0.127 e. The number of rotatable bonds is 4. The first-order valence-corrected chi connectivity index (χ1v) is 5.02. The average molecular weight is 230 g/mol. The number of hydrogen-bond acceptors (Lipinski definition) is 2. The molecule has 0 amide bonds. The van der Waals surface area contributed by atoms with Gasteiger partial charge in [-0.05, 0) is 19.1 Å². The second-order valence-electron chi connectivity index (χ2n) is 3.14. The molecule has 0 saturated heterocycles. The fraction of sp³-hybridized carbons (Fsp3) is 0.273. The second-order valence-corrected chi connectivity index (χ2v) is 3.40. The molecule has 82 valence electrons. The molecular formula is C11H13ClFNO. The van der Waals surface area contributed by atoms with Gasteiger partial charge in [-0.2, -0.15) is 0 Å². The Balaban J connectivity index is 2.86. The van der Waals surface area contributed by atoms with Crippen molar-refractivity contribution >= 4 is 11.6 Å². The van der Waals surface area contributed by atoms with Gasteiger partial charge in [0.1, 0.15) is 18.2 Å². The van der Waals surface area contributed by atoms with Gasteiger partial charge in [0.2, 0.25) is 0 Å². The number of hydrogen-bond donors (Lipinski definition) is 1. The summed E-state index contributed by atoms with van der Waals surface area (Å²) in [6, 6.07) is 4.12. The molecule has 2 nitrogen and oxygen atoms in total. The molecule has 0 saturated carbocycles. The SMILES string of the molecule is CC(N)c1ccc(F)cc1OCC=CCl. The van der Waals surface area contributed by atoms with Gasteiger partial charge < -0.3 is 10.5 Å². The van der Waals surface area contributed by atoms with Crippen LogP contribution in [0.2, 0.25) is 0 Å². The van der Waals surface area contributed by atoms with E-state index in [9.17, 15) is 4.39 Å². The quantitative estimate of drug-likeness (QED) is 0.862. The van der Waals surface area contributed by atoms with E-state index in [-0.39, 0.29) is 11.9 Å². The van der Waals surface area contributed by atoms with E-state index in [1.165, 1.54) is 17.7 Å². The van der Waals surface area contributed by atoms with Crippen molar-refractivity contribution in [3.63, 3.8) is 0 Å². The molecular weight excluding hydrogens is 217 g/mol. The molecule has 0 aromatic heterocycles. The summed E-state index contributed by atoms with van der Waals surface area (Å²) in [5.74, 6) is 0.115. The Hall–Kier alpha value is -1.06. The lowest BCUT2D eigenvalue weighted by atomic mass is 10.1. The van der Waals surface area contributed by atoms with Crippen molar-refractivity contribution in [1.82, 2.24) is 0 Å². The summed E-state index contributed by atoms with van der Waals surface area (Å²) in [5.41, 5.74) is 7.85. The van der Waals surface area contributed by atoms with E-state index in [1.807, 2.05) is 6.92 Å². The van der Waals surface area contributed by atoms with Crippen LogP contribution in [-0.2, 0) is 0 Å². The topological polar surface area (TPSA) is 35.2 Å². The van der Waals surface area contributed by atoms with Crippen molar-refractivity contribution < 1.29 is 9.13 Å². The van der Waals surface area contributed by atoms with E-state index < -0.39 is 0 Å². The van der Waals surface area contributed by atoms with Crippen LogP contribution in [-0.4, -0.2) is 6.61 Å². The van der Waals surface area contributed by atoms with Crippen molar-refractivity contribution in [2.45, 2.75) is 13.0 Å². The molecule has 0 radical (unpaired) electrons. The summed E-state index contributed by atoms with van der Waals surface area (Å²) < 4.78 is 18.3. The summed E-state index contributed by atoms with van der Waals surface area (Å²) in [7, 11) is 0. The molecule has 1 aromatic carbocycles. The monoisotopic (exact) mass is 229 g/mol. The summed E-state index contributed by atoms with van der Waals surface area (Å²) in [5, 5.41) is 0. The number of halogens is 2. The van der Waals surface area contributed by atoms with Gasteiger partial charge in [0.15, 0.2) is 0 Å². The van der Waals surface area contributed by atoms with Gasteiger partial charge in [-0.1, -0.05) is 17.7 Å². The lowest BCUT2D eigenvalue weighted by Gasteiger charge is -2.12. The molecule has 0 aliphatic carbocycles. The van der Waals surface area contributed by atoms with Crippen molar-refractivity contribution in [3.8, 4) is 5.75 Å². The Bertz CT molecular complexity index is 352. The molecule has 0 fully saturated rings. The van der Waals surface area contributed by atoms with Crippen molar-refractivity contribution in [2.24, 2.45) is 5.73 Å². The molecule has 15 heavy (non-hydrogen) atoms. The Kier molecular flexibility index (Phi) is 4.59. The van der Waals surface area contributed by atoms with Crippen LogP contribution in [0.1, 0.15) is 18.5 Å². The van der Waals surface area contributed by atoms with E-state index in [1.54, 1.807) is 12.1 Å². The molecule has 1 atom stereocenters. The van der Waals surface area contributed by atoms with Crippen LogP contribution in [0.5, 0.6) is 5.75 Å². The fourth-order valence-corrected chi connectivity index (χ4v) is 1.26. The van der Waals surface area contributed by atoms with Gasteiger partial charge in [0.05, 0.1) is 0 Å². The fourth-order valence-electron chi connectivity index (χ4n) is 1.18. The highest BCUT2D eigenvalue weighted by molar-refractivity contribution is 6.25. The van der Waals surface area contributed by atoms with Crippen molar-refractivity contribution in [3.05, 3.63) is 41.2 Å². The van der Waals surface area contributed by atoms with Gasteiger partial charge in [-0.25, -0.2) is 4.39 Å². The van der Waals surface area contributed by atoms with Crippen LogP contribution in [0.4, 0.5) is 4.39 Å². The molecule has 1 unspecified atom stereocenters. The van der Waals surface area contributed by atoms with Crippen LogP contribution in [0, 0.1) is 5.82 Å². The minimum Gasteiger partial charge on any atom is -0.489 e. The minimum atomic E-state index is -0.343. The zero-order chi connectivity index (χ0) is 11.3. The highest BCUT2D eigenvalue weighted by atomic mass is 35.5. The molecule has 0 spiro atoms. The highest BCUT2D eigenvalue weighted by Gasteiger charge is 2.08. The first-order valence-electron chi connectivity index (χ1n) is 4.58. The third-order valence-corrected chi connectivity index (χ3v) is 2.07. The van der Waals surface area contributed by atoms with Crippen LogP contribution >= 0.6 is 11.6 Å². The minimum absolute atomic E-state index is 0.194. The first-order chi connectivity index (χ1) is 7.15. The summed E-state index contributed by atoms with van der Waals surface area (Å²) in [4.78, 5) is 0. The predicted octanol–water partition coefficient (Wildman–Crippen LogP) is 2.98. The first kappa shape index (κ1) is 12.0. The molecule has 1 aromatic rings. The largest absolute Gasteiger partial charge is 0.489 e. The van der Waals surface area contributed by atoms with E-state index in [2.05, 4.69) is 0 Å². The Morgan fingerprint density at radius 3 is 2.93 bits per heavy atom. The van der Waals surface area contributed by atoms with Gasteiger partial charge in [0.25, 0.3) is 0 Å². The predicted molar refractivity (Wildman–Crippen MR) is 59.5 cm³/mol. The number of benzene rings is 1. The Morgan fingerprint density at radius 2 is 2.33 bits per heavy atom. The van der Waals surface area contributed by atoms with Gasteiger partial charge in [0, 0.05) is 23.2 Å². The van der Waals surface area contributed by atoms with E-state index in [0.29, 0.717) is 12.4 Å². The summed E-state index contributed by atoms with van der Waals surface area (Å²) in [6.45, 7) is 2.12. The number of ether oxygens (including phenoxy) is 1. The molecule has 4 heteroatoms. The molecule has 0 heterocycles. The maximum absolute atomic E-state index is 13.0. The average Bonchev–Trinajstić information content (AvgIpc) is 2.18. The zero-order valence-electron chi connectivity index (χ0n) is 8.41.